The van der Waals surface area contributed by atoms with E-state index in [4.69, 9.17) is 18.5 Å². The number of unbranched alkanes of at least 4 members (excludes halogenated alkanes) is 13. The van der Waals surface area contributed by atoms with Crippen molar-refractivity contribution in [3.8, 4) is 0 Å². The third-order valence-electron chi connectivity index (χ3n) is 10.7. The van der Waals surface area contributed by atoms with Crippen LogP contribution < -0.4 is 4.89 Å². The Balaban J connectivity index is 2.47. The van der Waals surface area contributed by atoms with E-state index in [1.165, 1.54) is 19.3 Å². The van der Waals surface area contributed by atoms with E-state index in [1.807, 2.05) is 27.2 Å². The molecule has 0 aliphatic heterocycles. The Hall–Kier alpha value is -1.89. The first-order valence-electron chi connectivity index (χ1n) is 23.0. The molecule has 59 heavy (non-hydrogen) atoms. The summed E-state index contributed by atoms with van der Waals surface area (Å²) in [6.07, 6.45) is 29.5. The molecule has 0 saturated heterocycles. The van der Waals surface area contributed by atoms with Crippen LogP contribution in [0.4, 0.5) is 0 Å². The minimum atomic E-state index is -4.68. The molecule has 3 N–H and O–H groups in total. The first kappa shape index (κ1) is 55.1. The summed E-state index contributed by atoms with van der Waals surface area (Å²) in [5.74, 6) is -1.27. The molecule has 0 radical (unpaired) electrons. The van der Waals surface area contributed by atoms with E-state index in [0.29, 0.717) is 36.7 Å². The van der Waals surface area contributed by atoms with Crippen LogP contribution >= 0.6 is 7.82 Å². The average molecular weight is 858 g/mol. The number of carbonyl (C=O) groups is 2. The lowest BCUT2D eigenvalue weighted by Crippen LogP contribution is -2.37. The van der Waals surface area contributed by atoms with Crippen LogP contribution in [0.3, 0.4) is 0 Å². The molecule has 0 aromatic carbocycles. The molecule has 1 fully saturated rings. The zero-order valence-corrected chi connectivity index (χ0v) is 38.4. The summed E-state index contributed by atoms with van der Waals surface area (Å²) in [7, 11) is 1.04. The zero-order chi connectivity index (χ0) is 43.8. The van der Waals surface area contributed by atoms with E-state index in [1.54, 1.807) is 6.08 Å². The number of carbonyl (C=O) groups excluding carboxylic acids is 2. The topological polar surface area (TPSA) is 172 Å². The Labute approximate surface area is 358 Å². The molecule has 0 amide bonds. The second-order valence-corrected chi connectivity index (χ2v) is 18.8. The molecule has 0 aromatic heterocycles. The number of esters is 2. The van der Waals surface area contributed by atoms with Crippen LogP contribution in [0.5, 0.6) is 0 Å². The van der Waals surface area contributed by atoms with Crippen molar-refractivity contribution in [2.75, 3.05) is 47.5 Å². The third-order valence-corrected chi connectivity index (χ3v) is 11.7. The van der Waals surface area contributed by atoms with E-state index >= 15 is 0 Å². The Kier molecular flexibility index (Phi) is 31.5. The van der Waals surface area contributed by atoms with Crippen molar-refractivity contribution in [2.24, 2.45) is 11.8 Å². The number of quaternary nitrogens is 1. The van der Waals surface area contributed by atoms with Gasteiger partial charge >= 0.3 is 11.9 Å². The lowest BCUT2D eigenvalue weighted by molar-refractivity contribution is -0.870. The summed E-state index contributed by atoms with van der Waals surface area (Å²) in [5, 5.41) is 31.4. The van der Waals surface area contributed by atoms with Gasteiger partial charge in [-0.25, -0.2) is 0 Å². The minimum Gasteiger partial charge on any atom is -0.756 e. The van der Waals surface area contributed by atoms with Gasteiger partial charge in [0.2, 0.25) is 0 Å². The van der Waals surface area contributed by atoms with Crippen LogP contribution in [-0.2, 0) is 32.7 Å². The quantitative estimate of drug-likeness (QED) is 0.0180. The van der Waals surface area contributed by atoms with Crippen molar-refractivity contribution < 1.29 is 57.4 Å². The number of ether oxygens (including phenoxy) is 2. The highest BCUT2D eigenvalue weighted by Crippen LogP contribution is 2.39. The van der Waals surface area contributed by atoms with Gasteiger partial charge in [0.25, 0.3) is 7.82 Å². The van der Waals surface area contributed by atoms with Crippen molar-refractivity contribution >= 4 is 19.8 Å². The maximum atomic E-state index is 12.7. The lowest BCUT2D eigenvalue weighted by atomic mass is 9.88. The number of allylic oxidation sites excluding steroid dienone is 4. The van der Waals surface area contributed by atoms with Crippen LogP contribution in [0, 0.1) is 11.8 Å². The second kappa shape index (κ2) is 33.7. The number of hydrogen-bond donors (Lipinski definition) is 3. The first-order valence-corrected chi connectivity index (χ1v) is 24.4. The summed E-state index contributed by atoms with van der Waals surface area (Å²) in [5.41, 5.74) is 0. The third kappa shape index (κ3) is 30.7. The summed E-state index contributed by atoms with van der Waals surface area (Å²) < 4.78 is 33.9. The van der Waals surface area contributed by atoms with Crippen molar-refractivity contribution in [1.82, 2.24) is 0 Å². The van der Waals surface area contributed by atoms with Crippen molar-refractivity contribution in [3.63, 3.8) is 0 Å². The second-order valence-electron chi connectivity index (χ2n) is 17.4. The van der Waals surface area contributed by atoms with Gasteiger partial charge in [0.05, 0.1) is 46.1 Å². The maximum absolute atomic E-state index is 12.7. The molecule has 1 saturated carbocycles. The smallest absolute Gasteiger partial charge is 0.306 e. The molecule has 12 nitrogen and oxygen atoms in total. The molecule has 0 spiro atoms. The summed E-state index contributed by atoms with van der Waals surface area (Å²) in [6, 6.07) is 0. The largest absolute Gasteiger partial charge is 0.756 e. The predicted molar refractivity (Wildman–Crippen MR) is 233 cm³/mol. The number of nitrogens with zero attached hydrogens (tertiary/aromatic N) is 1. The van der Waals surface area contributed by atoms with Crippen LogP contribution in [0.15, 0.2) is 36.5 Å². The first-order chi connectivity index (χ1) is 28.2. The molecule has 1 rings (SSSR count). The molecule has 1 aliphatic carbocycles. The predicted octanol–water partition coefficient (Wildman–Crippen LogP) is 8.66. The van der Waals surface area contributed by atoms with Crippen LogP contribution in [-0.4, -0.2) is 104 Å². The highest BCUT2D eigenvalue weighted by atomic mass is 31.2. The van der Waals surface area contributed by atoms with Gasteiger partial charge in [-0.15, -0.1) is 0 Å². The van der Waals surface area contributed by atoms with Gasteiger partial charge in [-0.05, 0) is 63.7 Å². The van der Waals surface area contributed by atoms with Gasteiger partial charge in [0.15, 0.2) is 6.10 Å². The fourth-order valence-corrected chi connectivity index (χ4v) is 7.80. The van der Waals surface area contributed by atoms with Crippen molar-refractivity contribution in [1.29, 1.82) is 0 Å². The number of rotatable bonds is 37. The number of aliphatic hydroxyl groups is 3. The van der Waals surface area contributed by atoms with E-state index in [2.05, 4.69) is 38.2 Å². The van der Waals surface area contributed by atoms with Crippen molar-refractivity contribution in [3.05, 3.63) is 36.5 Å². The van der Waals surface area contributed by atoms with Crippen LogP contribution in [0.2, 0.25) is 0 Å². The molecule has 1 aliphatic rings. The number of phosphoric acid groups is 1. The van der Waals surface area contributed by atoms with Crippen molar-refractivity contribution in [2.45, 2.75) is 186 Å². The zero-order valence-electron chi connectivity index (χ0n) is 37.5. The Morgan fingerprint density at radius 1 is 0.763 bits per heavy atom. The SMILES string of the molecule is CCCCC/C=C\C/C=C\CCCCCCCC(=O)O[C@H](COC(=O)CCCCCC[C@@H]1[C@@H](/C=C/[C@@H](O)CCCCC)[C@H](O)C[C@@H]1O)COP(=O)([O-])OCC[N+](C)(C)C. The lowest BCUT2D eigenvalue weighted by Gasteiger charge is -2.28. The molecule has 344 valence electrons. The molecular weight excluding hydrogens is 773 g/mol. The molecule has 7 atom stereocenters. The number of aliphatic hydroxyl groups excluding tert-OH is 3. The molecule has 0 bridgehead atoms. The monoisotopic (exact) mass is 858 g/mol. The Bertz CT molecular complexity index is 1220. The number of hydrogen-bond acceptors (Lipinski definition) is 11. The highest BCUT2D eigenvalue weighted by Gasteiger charge is 2.39. The molecule has 0 heterocycles. The van der Waals surface area contributed by atoms with E-state index < -0.39 is 50.8 Å². The standard InChI is InChI=1S/C46H84NO11P/c1-6-8-10-11-12-13-14-15-16-17-18-19-20-21-27-31-46(52)58-40(38-57-59(53,54)56-35-34-47(3,4)5)37-55-45(51)30-26-23-22-25-29-41-42(44(50)36-43(41)49)33-32-39(48)28-24-9-7-2/h12-13,15-16,32-33,39-44,48-50H,6-11,14,17-31,34-38H2,1-5H3/b13-12-,16-15-,33-32+/t39-,40+,41+,42+,43-,44+/m0/s1. The van der Waals surface area contributed by atoms with Gasteiger partial charge in [0, 0.05) is 25.2 Å². The Morgan fingerprint density at radius 2 is 1.36 bits per heavy atom. The van der Waals surface area contributed by atoms with Crippen LogP contribution in [0.25, 0.3) is 0 Å². The fourth-order valence-electron chi connectivity index (χ4n) is 7.07. The van der Waals surface area contributed by atoms with E-state index in [9.17, 15) is 34.4 Å². The molecule has 1 unspecified atom stereocenters. The normalized spacial score (nSPS) is 20.8. The Morgan fingerprint density at radius 3 is 2.02 bits per heavy atom. The number of phosphoric ester groups is 1. The average Bonchev–Trinajstić information content (AvgIpc) is 3.44. The summed E-state index contributed by atoms with van der Waals surface area (Å²) >= 11 is 0. The molecular formula is C46H84NO11P. The molecule has 0 aromatic rings. The van der Waals surface area contributed by atoms with Crippen LogP contribution in [0.1, 0.15) is 162 Å². The highest BCUT2D eigenvalue weighted by molar-refractivity contribution is 7.45. The van der Waals surface area contributed by atoms with Gasteiger partial charge in [-0.1, -0.05) is 121 Å². The van der Waals surface area contributed by atoms with Gasteiger partial charge in [-0.2, -0.15) is 0 Å². The fraction of sp³-hybridized carbons (Fsp3) is 0.826. The van der Waals surface area contributed by atoms with Gasteiger partial charge in [0.1, 0.15) is 19.8 Å². The number of likely N-dealkylation sites (N-methyl/N-ethyl adjacent to an activating group) is 1. The van der Waals surface area contributed by atoms with Gasteiger partial charge in [-0.3, -0.25) is 14.2 Å². The minimum absolute atomic E-state index is 0.0688. The molecule has 13 heteroatoms. The maximum Gasteiger partial charge on any atom is 0.306 e. The summed E-state index contributed by atoms with van der Waals surface area (Å²) in [6.45, 7) is 3.84. The van der Waals surface area contributed by atoms with Gasteiger partial charge < -0.3 is 43.2 Å². The van der Waals surface area contributed by atoms with E-state index in [-0.39, 0.29) is 37.9 Å². The van der Waals surface area contributed by atoms with E-state index in [0.717, 1.165) is 89.9 Å². The summed E-state index contributed by atoms with van der Waals surface area (Å²) in [4.78, 5) is 37.8.